The first-order valence-corrected chi connectivity index (χ1v) is 11.7. The standard InChI is InChI=1S/C27H40O3/c1-18-7-5-9-23(15-18)26(28)14-12-21-8-6-10-25-24(21)13-11-22(17-27(25)29)19(2)16-20(3)30-4/h5,7-9,11,13,16,19,22-29H,6,10,12,14-15,17H2,1-4H3/b20-16-. The summed E-state index contributed by atoms with van der Waals surface area (Å²) < 4.78 is 5.33. The van der Waals surface area contributed by atoms with Gasteiger partial charge in [-0.05, 0) is 76.2 Å². The molecular formula is C27H40O3. The van der Waals surface area contributed by atoms with Gasteiger partial charge in [0, 0.05) is 11.8 Å². The van der Waals surface area contributed by atoms with Crippen LogP contribution in [0.4, 0.5) is 0 Å². The molecule has 3 aliphatic carbocycles. The van der Waals surface area contributed by atoms with Crippen molar-refractivity contribution in [2.75, 3.05) is 7.11 Å². The largest absolute Gasteiger partial charge is 0.502 e. The molecule has 7 unspecified atom stereocenters. The molecule has 0 aromatic rings. The van der Waals surface area contributed by atoms with Gasteiger partial charge < -0.3 is 14.9 Å². The molecule has 166 valence electrons. The van der Waals surface area contributed by atoms with Crippen LogP contribution in [0.2, 0.25) is 0 Å². The number of methoxy groups -OCH3 is 1. The molecule has 2 N–H and O–H groups in total. The van der Waals surface area contributed by atoms with E-state index in [0.29, 0.717) is 23.7 Å². The molecule has 3 rings (SSSR count). The van der Waals surface area contributed by atoms with Crippen LogP contribution < -0.4 is 0 Å². The van der Waals surface area contributed by atoms with Gasteiger partial charge in [0.15, 0.2) is 0 Å². The lowest BCUT2D eigenvalue weighted by Crippen LogP contribution is -2.31. The van der Waals surface area contributed by atoms with Crippen LogP contribution >= 0.6 is 0 Å². The molecule has 0 saturated carbocycles. The van der Waals surface area contributed by atoms with Crippen molar-refractivity contribution in [2.24, 2.45) is 29.6 Å². The molecule has 3 heteroatoms. The fraction of sp³-hybridized carbons (Fsp3) is 0.630. The van der Waals surface area contributed by atoms with Gasteiger partial charge in [-0.15, -0.1) is 0 Å². The zero-order valence-electron chi connectivity index (χ0n) is 19.1. The molecule has 30 heavy (non-hydrogen) atoms. The number of allylic oxidation sites excluding steroid dienone is 9. The van der Waals surface area contributed by atoms with Crippen LogP contribution in [0.25, 0.3) is 0 Å². The van der Waals surface area contributed by atoms with E-state index in [0.717, 1.165) is 44.3 Å². The Morgan fingerprint density at radius 2 is 2.07 bits per heavy atom. The van der Waals surface area contributed by atoms with Crippen molar-refractivity contribution in [3.05, 3.63) is 59.4 Å². The minimum atomic E-state index is -0.305. The highest BCUT2D eigenvalue weighted by Gasteiger charge is 2.35. The van der Waals surface area contributed by atoms with Gasteiger partial charge in [0.1, 0.15) is 0 Å². The average molecular weight is 413 g/mol. The first kappa shape index (κ1) is 23.1. The summed E-state index contributed by atoms with van der Waals surface area (Å²) in [6.07, 6.45) is 20.5. The highest BCUT2D eigenvalue weighted by Crippen LogP contribution is 2.42. The number of aliphatic hydroxyl groups excluding tert-OH is 2. The molecule has 0 fully saturated rings. The van der Waals surface area contributed by atoms with Crippen molar-refractivity contribution in [1.82, 2.24) is 0 Å². The molecule has 7 atom stereocenters. The number of aliphatic hydroxyl groups is 2. The zero-order chi connectivity index (χ0) is 21.7. The molecule has 0 radical (unpaired) electrons. The molecule has 3 nitrogen and oxygen atoms in total. The maximum atomic E-state index is 11.0. The summed E-state index contributed by atoms with van der Waals surface area (Å²) in [6.45, 7) is 6.33. The second-order valence-electron chi connectivity index (χ2n) is 9.61. The van der Waals surface area contributed by atoms with Gasteiger partial charge in [-0.3, -0.25) is 0 Å². The minimum absolute atomic E-state index is 0.228. The Bertz CT molecular complexity index is 726. The first-order chi connectivity index (χ1) is 14.4. The van der Waals surface area contributed by atoms with Gasteiger partial charge in [0.05, 0.1) is 25.1 Å². The SMILES string of the molecule is CO/C(C)=C\C(C)C1C=CC2C(CCC(O)C3C=CC=C(C)C3)=CCCC2C(O)C1. The molecule has 3 aliphatic rings. The number of rotatable bonds is 7. The summed E-state index contributed by atoms with van der Waals surface area (Å²) in [5.41, 5.74) is 2.75. The normalized spacial score (nSPS) is 33.8. The van der Waals surface area contributed by atoms with Crippen LogP contribution in [0.1, 0.15) is 59.3 Å². The second-order valence-corrected chi connectivity index (χ2v) is 9.61. The number of fused-ring (bicyclic) bond motifs is 1. The zero-order valence-corrected chi connectivity index (χ0v) is 19.1. The van der Waals surface area contributed by atoms with Crippen molar-refractivity contribution in [3.63, 3.8) is 0 Å². The number of ether oxygens (including phenoxy) is 1. The number of hydrogen-bond donors (Lipinski definition) is 2. The molecule has 0 saturated heterocycles. The summed E-state index contributed by atoms with van der Waals surface area (Å²) >= 11 is 0. The number of hydrogen-bond acceptors (Lipinski definition) is 3. The Morgan fingerprint density at radius 1 is 1.27 bits per heavy atom. The summed E-state index contributed by atoms with van der Waals surface area (Å²) in [7, 11) is 1.71. The lowest BCUT2D eigenvalue weighted by atomic mass is 9.73. The summed E-state index contributed by atoms with van der Waals surface area (Å²) in [5, 5.41) is 21.8. The van der Waals surface area contributed by atoms with Gasteiger partial charge in [0.2, 0.25) is 0 Å². The molecule has 0 aromatic heterocycles. The van der Waals surface area contributed by atoms with Crippen molar-refractivity contribution in [2.45, 2.75) is 71.5 Å². The Hall–Kier alpha value is -1.58. The quantitative estimate of drug-likeness (QED) is 0.415. The van der Waals surface area contributed by atoms with Gasteiger partial charge in [-0.25, -0.2) is 0 Å². The van der Waals surface area contributed by atoms with Gasteiger partial charge in [-0.2, -0.15) is 0 Å². The average Bonchev–Trinajstić information content (AvgIpc) is 2.91. The molecule has 0 spiro atoms. The third-order valence-corrected chi connectivity index (χ3v) is 7.38. The predicted octanol–water partition coefficient (Wildman–Crippen LogP) is 5.73. The van der Waals surface area contributed by atoms with Crippen LogP contribution in [0.5, 0.6) is 0 Å². The van der Waals surface area contributed by atoms with E-state index in [1.807, 2.05) is 6.92 Å². The highest BCUT2D eigenvalue weighted by molar-refractivity contribution is 5.23. The van der Waals surface area contributed by atoms with E-state index in [-0.39, 0.29) is 18.1 Å². The molecule has 0 amide bonds. The molecule has 0 heterocycles. The van der Waals surface area contributed by atoms with E-state index in [1.54, 1.807) is 7.11 Å². The van der Waals surface area contributed by atoms with Gasteiger partial charge >= 0.3 is 0 Å². The van der Waals surface area contributed by atoms with Gasteiger partial charge in [-0.1, -0.05) is 54.5 Å². The van der Waals surface area contributed by atoms with E-state index in [9.17, 15) is 10.2 Å². The third-order valence-electron chi connectivity index (χ3n) is 7.38. The van der Waals surface area contributed by atoms with Crippen molar-refractivity contribution >= 4 is 0 Å². The van der Waals surface area contributed by atoms with Gasteiger partial charge in [0.25, 0.3) is 0 Å². The first-order valence-electron chi connectivity index (χ1n) is 11.7. The van der Waals surface area contributed by atoms with Crippen LogP contribution in [0.3, 0.4) is 0 Å². The van der Waals surface area contributed by atoms with Crippen molar-refractivity contribution < 1.29 is 14.9 Å². The Balaban J connectivity index is 1.66. The molecule has 0 aliphatic heterocycles. The summed E-state index contributed by atoms with van der Waals surface area (Å²) in [4.78, 5) is 0. The topological polar surface area (TPSA) is 49.7 Å². The Labute approximate surface area is 182 Å². The maximum absolute atomic E-state index is 11.0. The lowest BCUT2D eigenvalue weighted by Gasteiger charge is -2.34. The highest BCUT2D eigenvalue weighted by atomic mass is 16.5. The van der Waals surface area contributed by atoms with E-state index in [2.05, 4.69) is 56.4 Å². The van der Waals surface area contributed by atoms with E-state index in [1.165, 1.54) is 11.1 Å². The third kappa shape index (κ3) is 5.76. The lowest BCUT2D eigenvalue weighted by molar-refractivity contribution is 0.0649. The maximum Gasteiger partial charge on any atom is 0.0887 e. The Morgan fingerprint density at radius 3 is 2.80 bits per heavy atom. The second kappa shape index (κ2) is 10.6. The van der Waals surface area contributed by atoms with Crippen LogP contribution in [-0.4, -0.2) is 29.5 Å². The van der Waals surface area contributed by atoms with E-state index in [4.69, 9.17) is 4.74 Å². The monoisotopic (exact) mass is 412 g/mol. The fourth-order valence-electron chi connectivity index (χ4n) is 5.43. The summed E-state index contributed by atoms with van der Waals surface area (Å²) in [6, 6.07) is 0. The van der Waals surface area contributed by atoms with Crippen LogP contribution in [0.15, 0.2) is 59.4 Å². The Kier molecular flexibility index (Phi) is 8.19. The van der Waals surface area contributed by atoms with Crippen LogP contribution in [-0.2, 0) is 4.74 Å². The van der Waals surface area contributed by atoms with E-state index < -0.39 is 0 Å². The smallest absolute Gasteiger partial charge is 0.0887 e. The van der Waals surface area contributed by atoms with E-state index >= 15 is 0 Å². The van der Waals surface area contributed by atoms with Crippen molar-refractivity contribution in [1.29, 1.82) is 0 Å². The minimum Gasteiger partial charge on any atom is -0.502 e. The molecule has 0 aromatic carbocycles. The van der Waals surface area contributed by atoms with Crippen LogP contribution in [0, 0.1) is 29.6 Å². The van der Waals surface area contributed by atoms with Crippen molar-refractivity contribution in [3.8, 4) is 0 Å². The predicted molar refractivity (Wildman–Crippen MR) is 124 cm³/mol. The fourth-order valence-corrected chi connectivity index (χ4v) is 5.43. The summed E-state index contributed by atoms with van der Waals surface area (Å²) in [5.74, 6) is 2.41. The molecular weight excluding hydrogens is 372 g/mol. The molecule has 0 bridgehead atoms.